The van der Waals surface area contributed by atoms with Crippen molar-refractivity contribution in [3.63, 3.8) is 0 Å². The van der Waals surface area contributed by atoms with Crippen LogP contribution in [0.1, 0.15) is 76.7 Å². The summed E-state index contributed by atoms with van der Waals surface area (Å²) in [5.74, 6) is 0. The monoisotopic (exact) mass is 368 g/mol. The van der Waals surface area contributed by atoms with E-state index in [4.69, 9.17) is 4.55 Å². The molecule has 1 aromatic carbocycles. The molecule has 0 unspecified atom stereocenters. The zero-order valence-electron chi connectivity index (χ0n) is 13.8. The Morgan fingerprint density at radius 3 is 1.65 bits per heavy atom. The van der Waals surface area contributed by atoms with E-state index >= 15 is 0 Å². The maximum atomic E-state index is 10.9. The molecule has 0 aliphatic carbocycles. The summed E-state index contributed by atoms with van der Waals surface area (Å²) in [6.07, 6.45) is 14.1. The van der Waals surface area contributed by atoms with E-state index in [1.807, 2.05) is 0 Å². The second-order valence-corrected chi connectivity index (χ2v) is 7.47. The van der Waals surface area contributed by atoms with Gasteiger partial charge in [0.25, 0.3) is 10.1 Å². The summed E-state index contributed by atoms with van der Waals surface area (Å²) in [7, 11) is -4.06. The van der Waals surface area contributed by atoms with Crippen molar-refractivity contribution < 1.29 is 13.0 Å². The summed E-state index contributed by atoms with van der Waals surface area (Å²) < 4.78 is 30.8. The van der Waals surface area contributed by atoms with Crippen LogP contribution in [0.4, 0.5) is 0 Å². The Labute approximate surface area is 172 Å². The normalized spacial score (nSPS) is 11.2. The summed E-state index contributed by atoms with van der Waals surface area (Å²) in [4.78, 5) is -0.0284. The zero-order chi connectivity index (χ0) is 16.3. The van der Waals surface area contributed by atoms with Gasteiger partial charge in [-0.3, -0.25) is 4.55 Å². The average molecular weight is 369 g/mol. The van der Waals surface area contributed by atoms with Crippen LogP contribution in [0.15, 0.2) is 29.2 Å². The molecule has 0 amide bonds. The van der Waals surface area contributed by atoms with Crippen LogP contribution in [0.5, 0.6) is 0 Å². The molecule has 5 heteroatoms. The molecule has 0 atom stereocenters. The Morgan fingerprint density at radius 1 is 0.783 bits per heavy atom. The van der Waals surface area contributed by atoms with Gasteiger partial charge in [-0.15, -0.1) is 0 Å². The number of aryl methyl sites for hydroxylation is 1. The third kappa shape index (κ3) is 11.5. The molecule has 1 rings (SSSR count). The van der Waals surface area contributed by atoms with Gasteiger partial charge in [0, 0.05) is 0 Å². The van der Waals surface area contributed by atoms with Gasteiger partial charge in [0.2, 0.25) is 0 Å². The van der Waals surface area contributed by atoms with Gasteiger partial charge in [0.1, 0.15) is 0 Å². The topological polar surface area (TPSA) is 54.4 Å². The first kappa shape index (κ1) is 23.4. The first-order valence-corrected chi connectivity index (χ1v) is 10.0. The van der Waals surface area contributed by atoms with E-state index in [1.165, 1.54) is 69.9 Å². The predicted octanol–water partition coefficient (Wildman–Crippen LogP) is 4.48. The molecule has 0 aliphatic rings. The third-order valence-electron chi connectivity index (χ3n) is 4.04. The molecule has 0 radical (unpaired) electrons. The molecule has 0 heterocycles. The van der Waals surface area contributed by atoms with E-state index in [1.54, 1.807) is 12.1 Å². The number of benzene rings is 1. The van der Waals surface area contributed by atoms with E-state index < -0.39 is 10.1 Å². The zero-order valence-corrected chi connectivity index (χ0v) is 14.6. The van der Waals surface area contributed by atoms with E-state index in [9.17, 15) is 8.42 Å². The van der Waals surface area contributed by atoms with Gasteiger partial charge in [0.15, 0.2) is 0 Å². The Morgan fingerprint density at radius 2 is 1.22 bits per heavy atom. The standard InChI is InChI=1S/C18H30O3S.Ca.2H/c1-2-3-4-5-6-7-8-9-10-11-12-17-13-15-18(16-14-17)22(19,20)21;;;/h13-16H,2-12H2,1H3,(H,19,20,21);;;. The fourth-order valence-electron chi connectivity index (χ4n) is 2.64. The van der Waals surface area contributed by atoms with E-state index in [0.29, 0.717) is 0 Å². The first-order valence-electron chi connectivity index (χ1n) is 8.60. The van der Waals surface area contributed by atoms with Crippen molar-refractivity contribution in [1.82, 2.24) is 0 Å². The Kier molecular flexibility index (Phi) is 13.9. The second kappa shape index (κ2) is 13.7. The summed E-state index contributed by atoms with van der Waals surface area (Å²) in [6.45, 7) is 2.25. The summed E-state index contributed by atoms with van der Waals surface area (Å²) in [5, 5.41) is 0. The van der Waals surface area contributed by atoms with Crippen molar-refractivity contribution in [3.05, 3.63) is 29.8 Å². The minimum absolute atomic E-state index is 0. The average Bonchev–Trinajstić information content (AvgIpc) is 2.49. The minimum atomic E-state index is -4.06. The molecule has 1 aromatic rings. The van der Waals surface area contributed by atoms with E-state index in [0.717, 1.165) is 18.4 Å². The van der Waals surface area contributed by atoms with Crippen molar-refractivity contribution in [2.45, 2.75) is 82.4 Å². The van der Waals surface area contributed by atoms with Crippen molar-refractivity contribution in [2.24, 2.45) is 0 Å². The molecule has 3 nitrogen and oxygen atoms in total. The Balaban J connectivity index is 0.00000484. The molecule has 0 spiro atoms. The van der Waals surface area contributed by atoms with Gasteiger partial charge in [0.05, 0.1) is 4.90 Å². The van der Waals surface area contributed by atoms with Crippen LogP contribution < -0.4 is 0 Å². The van der Waals surface area contributed by atoms with Crippen molar-refractivity contribution in [3.8, 4) is 0 Å². The van der Waals surface area contributed by atoms with E-state index in [-0.39, 0.29) is 42.6 Å². The van der Waals surface area contributed by atoms with E-state index in [2.05, 4.69) is 6.92 Å². The van der Waals surface area contributed by atoms with Crippen LogP contribution in [0.2, 0.25) is 0 Å². The van der Waals surface area contributed by atoms with Crippen LogP contribution in [0, 0.1) is 0 Å². The fraction of sp³-hybridized carbons (Fsp3) is 0.667. The quantitative estimate of drug-likeness (QED) is 0.336. The summed E-state index contributed by atoms with van der Waals surface area (Å²) in [5.41, 5.74) is 1.13. The molecule has 0 saturated carbocycles. The predicted molar refractivity (Wildman–Crippen MR) is 100 cm³/mol. The van der Waals surface area contributed by atoms with Gasteiger partial charge in [-0.25, -0.2) is 0 Å². The van der Waals surface area contributed by atoms with Crippen LogP contribution in [-0.2, 0) is 16.5 Å². The van der Waals surface area contributed by atoms with Gasteiger partial charge < -0.3 is 0 Å². The van der Waals surface area contributed by atoms with Crippen LogP contribution in [0.3, 0.4) is 0 Å². The maximum absolute atomic E-state index is 10.9. The van der Waals surface area contributed by atoms with Crippen LogP contribution >= 0.6 is 0 Å². The molecular formula is C18H32CaO3S. The number of hydrogen-bond donors (Lipinski definition) is 1. The number of unbranched alkanes of at least 4 members (excludes halogenated alkanes) is 9. The van der Waals surface area contributed by atoms with Crippen molar-refractivity contribution >= 4 is 47.9 Å². The Hall–Kier alpha value is 0.390. The SMILES string of the molecule is CCCCCCCCCCCCc1ccc(S(=O)(=O)O)cc1.[CaH2]. The van der Waals surface area contributed by atoms with Crippen molar-refractivity contribution in [1.29, 1.82) is 0 Å². The number of rotatable bonds is 12. The fourth-order valence-corrected chi connectivity index (χ4v) is 3.12. The molecule has 1 N–H and O–H groups in total. The molecular weight excluding hydrogens is 336 g/mol. The van der Waals surface area contributed by atoms with Crippen LogP contribution in [0.25, 0.3) is 0 Å². The molecule has 0 fully saturated rings. The van der Waals surface area contributed by atoms with Crippen LogP contribution in [-0.4, -0.2) is 50.7 Å². The molecule has 0 aliphatic heterocycles. The van der Waals surface area contributed by atoms with Gasteiger partial charge >= 0.3 is 37.7 Å². The summed E-state index contributed by atoms with van der Waals surface area (Å²) in [6, 6.07) is 6.52. The molecule has 130 valence electrons. The molecule has 23 heavy (non-hydrogen) atoms. The van der Waals surface area contributed by atoms with Gasteiger partial charge in [-0.2, -0.15) is 8.42 Å². The molecule has 0 bridgehead atoms. The van der Waals surface area contributed by atoms with Crippen molar-refractivity contribution in [2.75, 3.05) is 0 Å². The molecule has 0 saturated heterocycles. The number of hydrogen-bond acceptors (Lipinski definition) is 2. The summed E-state index contributed by atoms with van der Waals surface area (Å²) >= 11 is 0. The Bertz CT molecular complexity index is 498. The van der Waals surface area contributed by atoms with Gasteiger partial charge in [-0.1, -0.05) is 76.8 Å². The molecule has 0 aromatic heterocycles. The third-order valence-corrected chi connectivity index (χ3v) is 4.91. The second-order valence-electron chi connectivity index (χ2n) is 6.05. The van der Waals surface area contributed by atoms with Gasteiger partial charge in [-0.05, 0) is 30.5 Å². The first-order chi connectivity index (χ1) is 10.5.